The van der Waals surface area contributed by atoms with E-state index in [1.807, 2.05) is 13.8 Å². The Hall–Kier alpha value is -0.330. The van der Waals surface area contributed by atoms with Gasteiger partial charge in [-0.3, -0.25) is 4.98 Å². The molecule has 0 radical (unpaired) electrons. The minimum Gasteiger partial charge on any atom is -0.257 e. The SMILES string of the molecule is Cc1cnc(C)c(SCCS(=O)(=O)Cl)n1. The number of hydrogen-bond donors (Lipinski definition) is 0. The number of thioether (sulfide) groups is 1. The molecule has 1 aromatic heterocycles. The summed E-state index contributed by atoms with van der Waals surface area (Å²) in [6.07, 6.45) is 1.68. The second-order valence-corrected chi connectivity index (χ2v) is 6.97. The zero-order valence-electron chi connectivity index (χ0n) is 8.40. The number of aryl methyl sites for hydroxylation is 2. The fourth-order valence-electron chi connectivity index (χ4n) is 0.890. The number of halogens is 1. The highest BCUT2D eigenvalue weighted by Crippen LogP contribution is 2.19. The molecule has 7 heteroatoms. The van der Waals surface area contributed by atoms with Crippen molar-refractivity contribution in [1.29, 1.82) is 0 Å². The maximum atomic E-state index is 10.7. The van der Waals surface area contributed by atoms with Gasteiger partial charge in [0.1, 0.15) is 5.03 Å². The predicted octanol–water partition coefficient (Wildman–Crippen LogP) is 1.75. The van der Waals surface area contributed by atoms with Crippen LogP contribution in [0.25, 0.3) is 0 Å². The summed E-state index contributed by atoms with van der Waals surface area (Å²) in [5, 5.41) is 0.760. The van der Waals surface area contributed by atoms with Crippen LogP contribution in [-0.2, 0) is 9.05 Å². The molecule has 0 saturated carbocycles. The molecule has 0 aliphatic rings. The summed E-state index contributed by atoms with van der Waals surface area (Å²) < 4.78 is 21.4. The molecule has 0 unspecified atom stereocenters. The van der Waals surface area contributed by atoms with Gasteiger partial charge in [-0.15, -0.1) is 11.8 Å². The third kappa shape index (κ3) is 4.81. The van der Waals surface area contributed by atoms with E-state index in [9.17, 15) is 8.42 Å². The van der Waals surface area contributed by atoms with Crippen LogP contribution in [0, 0.1) is 13.8 Å². The summed E-state index contributed by atoms with van der Waals surface area (Å²) in [4.78, 5) is 8.38. The van der Waals surface area contributed by atoms with Crippen molar-refractivity contribution in [2.75, 3.05) is 11.5 Å². The molecule has 0 aliphatic heterocycles. The molecule has 0 aliphatic carbocycles. The monoisotopic (exact) mass is 266 g/mol. The molecule has 0 aromatic carbocycles. The molecule has 4 nitrogen and oxygen atoms in total. The van der Waals surface area contributed by atoms with Gasteiger partial charge in [-0.2, -0.15) is 0 Å². The third-order valence-electron chi connectivity index (χ3n) is 1.60. The van der Waals surface area contributed by atoms with Gasteiger partial charge >= 0.3 is 0 Å². The molecule has 1 heterocycles. The van der Waals surface area contributed by atoms with E-state index in [0.717, 1.165) is 16.4 Å². The summed E-state index contributed by atoms with van der Waals surface area (Å²) in [6.45, 7) is 3.68. The molecular formula is C8H11ClN2O2S2. The van der Waals surface area contributed by atoms with Gasteiger partial charge in [0, 0.05) is 22.6 Å². The van der Waals surface area contributed by atoms with Crippen molar-refractivity contribution in [3.63, 3.8) is 0 Å². The Bertz CT molecular complexity index is 448. The number of aromatic nitrogens is 2. The van der Waals surface area contributed by atoms with Crippen molar-refractivity contribution in [2.24, 2.45) is 0 Å². The van der Waals surface area contributed by atoms with Crippen LogP contribution in [0.5, 0.6) is 0 Å². The van der Waals surface area contributed by atoms with E-state index in [4.69, 9.17) is 10.7 Å². The average Bonchev–Trinajstić information content (AvgIpc) is 2.09. The highest BCUT2D eigenvalue weighted by molar-refractivity contribution is 8.14. The van der Waals surface area contributed by atoms with Crippen molar-refractivity contribution in [2.45, 2.75) is 18.9 Å². The number of rotatable bonds is 4. The van der Waals surface area contributed by atoms with Crippen molar-refractivity contribution < 1.29 is 8.42 Å². The Kier molecular flexibility index (Phi) is 4.36. The minimum absolute atomic E-state index is 0.0612. The molecule has 0 fully saturated rings. The topological polar surface area (TPSA) is 59.9 Å². The minimum atomic E-state index is -3.41. The van der Waals surface area contributed by atoms with Crippen LogP contribution in [0.2, 0.25) is 0 Å². The molecule has 84 valence electrons. The first kappa shape index (κ1) is 12.7. The maximum Gasteiger partial charge on any atom is 0.233 e. The normalized spacial score (nSPS) is 11.7. The third-order valence-corrected chi connectivity index (χ3v) is 4.08. The molecule has 1 aromatic rings. The lowest BCUT2D eigenvalue weighted by atomic mass is 10.4. The van der Waals surface area contributed by atoms with Gasteiger partial charge in [-0.1, -0.05) is 0 Å². The lowest BCUT2D eigenvalue weighted by Crippen LogP contribution is -2.01. The summed E-state index contributed by atoms with van der Waals surface area (Å²) in [5.74, 6) is 0.332. The Labute approximate surface area is 97.9 Å². The van der Waals surface area contributed by atoms with E-state index in [0.29, 0.717) is 5.75 Å². The van der Waals surface area contributed by atoms with Crippen molar-refractivity contribution in [3.8, 4) is 0 Å². The summed E-state index contributed by atoms with van der Waals surface area (Å²) in [7, 11) is 1.68. The van der Waals surface area contributed by atoms with Gasteiger partial charge < -0.3 is 0 Å². The zero-order valence-corrected chi connectivity index (χ0v) is 10.8. The predicted molar refractivity (Wildman–Crippen MR) is 61.9 cm³/mol. The highest BCUT2D eigenvalue weighted by atomic mass is 35.7. The molecule has 0 atom stereocenters. The Morgan fingerprint density at radius 3 is 2.73 bits per heavy atom. The Balaban J connectivity index is 2.61. The van der Waals surface area contributed by atoms with Crippen molar-refractivity contribution in [3.05, 3.63) is 17.6 Å². The first-order valence-corrected chi connectivity index (χ1v) is 7.70. The Morgan fingerprint density at radius 1 is 1.47 bits per heavy atom. The van der Waals surface area contributed by atoms with E-state index in [1.54, 1.807) is 6.20 Å². The van der Waals surface area contributed by atoms with Gasteiger partial charge in [0.05, 0.1) is 17.1 Å². The number of nitrogens with zero attached hydrogens (tertiary/aromatic N) is 2. The summed E-state index contributed by atoms with van der Waals surface area (Å²) >= 11 is 1.35. The Morgan fingerprint density at radius 2 is 2.13 bits per heavy atom. The van der Waals surface area contributed by atoms with E-state index >= 15 is 0 Å². The van der Waals surface area contributed by atoms with Gasteiger partial charge in [0.15, 0.2) is 0 Å². The first-order chi connectivity index (χ1) is 6.88. The van der Waals surface area contributed by atoms with Gasteiger partial charge in [0.2, 0.25) is 9.05 Å². The van der Waals surface area contributed by atoms with E-state index < -0.39 is 9.05 Å². The molecule has 0 bridgehead atoms. The molecule has 0 saturated heterocycles. The lowest BCUT2D eigenvalue weighted by molar-refractivity contribution is 0.611. The average molecular weight is 267 g/mol. The van der Waals surface area contributed by atoms with Crippen LogP contribution < -0.4 is 0 Å². The molecule has 0 spiro atoms. The lowest BCUT2D eigenvalue weighted by Gasteiger charge is -2.03. The summed E-state index contributed by atoms with van der Waals surface area (Å²) in [6, 6.07) is 0. The van der Waals surface area contributed by atoms with E-state index in [1.165, 1.54) is 11.8 Å². The first-order valence-electron chi connectivity index (χ1n) is 4.24. The molecule has 15 heavy (non-hydrogen) atoms. The quantitative estimate of drug-likeness (QED) is 0.614. The van der Waals surface area contributed by atoms with Gasteiger partial charge in [-0.25, -0.2) is 13.4 Å². The van der Waals surface area contributed by atoms with Crippen molar-refractivity contribution in [1.82, 2.24) is 9.97 Å². The van der Waals surface area contributed by atoms with Gasteiger partial charge in [0.25, 0.3) is 0 Å². The fraction of sp³-hybridized carbons (Fsp3) is 0.500. The number of hydrogen-bond acceptors (Lipinski definition) is 5. The van der Waals surface area contributed by atoms with Crippen LogP contribution in [0.3, 0.4) is 0 Å². The van der Waals surface area contributed by atoms with Crippen molar-refractivity contribution >= 4 is 31.5 Å². The molecular weight excluding hydrogens is 256 g/mol. The fourth-order valence-corrected chi connectivity index (χ4v) is 3.25. The highest BCUT2D eigenvalue weighted by Gasteiger charge is 2.07. The zero-order chi connectivity index (χ0) is 11.5. The van der Waals surface area contributed by atoms with Crippen LogP contribution >= 0.6 is 22.4 Å². The second-order valence-electron chi connectivity index (χ2n) is 2.99. The van der Waals surface area contributed by atoms with Crippen LogP contribution in [0.15, 0.2) is 11.2 Å². The molecule has 0 N–H and O–H groups in total. The van der Waals surface area contributed by atoms with Crippen LogP contribution in [0.1, 0.15) is 11.4 Å². The maximum absolute atomic E-state index is 10.7. The van der Waals surface area contributed by atoms with Gasteiger partial charge in [-0.05, 0) is 13.8 Å². The summed E-state index contributed by atoms with van der Waals surface area (Å²) in [5.41, 5.74) is 1.62. The molecule has 1 rings (SSSR count). The largest absolute Gasteiger partial charge is 0.257 e. The van der Waals surface area contributed by atoms with E-state index in [2.05, 4.69) is 9.97 Å². The van der Waals surface area contributed by atoms with Crippen LogP contribution in [-0.4, -0.2) is 29.9 Å². The van der Waals surface area contributed by atoms with E-state index in [-0.39, 0.29) is 5.75 Å². The second kappa shape index (κ2) is 5.14. The molecule has 0 amide bonds. The van der Waals surface area contributed by atoms with Crippen LogP contribution in [0.4, 0.5) is 0 Å². The smallest absolute Gasteiger partial charge is 0.233 e. The standard InChI is InChI=1S/C8H11ClN2O2S2/c1-6-5-10-7(2)8(11-6)14-3-4-15(9,12)13/h5H,3-4H2,1-2H3.